The third kappa shape index (κ3) is 3.78. The molecule has 2 aliphatic carbocycles. The normalized spacial score (nSPS) is 28.7. The summed E-state index contributed by atoms with van der Waals surface area (Å²) >= 11 is 1.99. The molecule has 0 aliphatic heterocycles. The number of hydrogen-bond donors (Lipinski definition) is 1. The molecule has 0 heterocycles. The Bertz CT molecular complexity index is 518. The minimum Gasteiger partial charge on any atom is -0.386 e. The van der Waals surface area contributed by atoms with Gasteiger partial charge in [0.05, 0.1) is 5.60 Å². The molecule has 1 aromatic carbocycles. The van der Waals surface area contributed by atoms with E-state index >= 15 is 0 Å². The molecule has 0 radical (unpaired) electrons. The van der Waals surface area contributed by atoms with Gasteiger partial charge in [0, 0.05) is 9.64 Å². The minimum absolute atomic E-state index is 0.258. The first-order chi connectivity index (χ1) is 10.7. The van der Waals surface area contributed by atoms with Crippen molar-refractivity contribution in [2.75, 3.05) is 0 Å². The number of aliphatic hydroxyl groups is 1. The summed E-state index contributed by atoms with van der Waals surface area (Å²) in [5.74, 6) is 0. The van der Waals surface area contributed by atoms with E-state index in [0.717, 1.165) is 25.7 Å². The third-order valence-electron chi connectivity index (χ3n) is 5.07. The van der Waals surface area contributed by atoms with Gasteiger partial charge in [0.1, 0.15) is 0 Å². The summed E-state index contributed by atoms with van der Waals surface area (Å²) in [6, 6.07) is 10.7. The monoisotopic (exact) mass is 316 g/mol. The first kappa shape index (κ1) is 16.1. The van der Waals surface area contributed by atoms with Crippen molar-refractivity contribution in [2.24, 2.45) is 0 Å². The zero-order valence-corrected chi connectivity index (χ0v) is 14.5. The summed E-state index contributed by atoms with van der Waals surface area (Å²) in [7, 11) is 0. The molecule has 1 atom stereocenters. The van der Waals surface area contributed by atoms with Gasteiger partial charge in [-0.05, 0) is 62.7 Å². The Morgan fingerprint density at radius 3 is 2.59 bits per heavy atom. The van der Waals surface area contributed by atoms with E-state index < -0.39 is 5.60 Å². The average Bonchev–Trinajstić information content (AvgIpc) is 3.28. The summed E-state index contributed by atoms with van der Waals surface area (Å²) in [6.07, 6.45) is 12.7. The second-order valence-electron chi connectivity index (χ2n) is 6.99. The van der Waals surface area contributed by atoms with Gasteiger partial charge in [0.25, 0.3) is 0 Å². The molecule has 22 heavy (non-hydrogen) atoms. The first-order valence-electron chi connectivity index (χ1n) is 8.84. The van der Waals surface area contributed by atoms with Crippen molar-refractivity contribution < 1.29 is 5.11 Å². The van der Waals surface area contributed by atoms with Gasteiger partial charge in [-0.25, -0.2) is 0 Å². The number of benzene rings is 1. The van der Waals surface area contributed by atoms with E-state index in [4.69, 9.17) is 0 Å². The van der Waals surface area contributed by atoms with Crippen molar-refractivity contribution in [1.29, 1.82) is 0 Å². The largest absolute Gasteiger partial charge is 0.386 e. The maximum absolute atomic E-state index is 11.1. The number of rotatable bonds is 6. The van der Waals surface area contributed by atoms with Crippen molar-refractivity contribution in [3.8, 4) is 0 Å². The summed E-state index contributed by atoms with van der Waals surface area (Å²) in [5, 5.41) is 11.1. The molecule has 2 heteroatoms. The van der Waals surface area contributed by atoms with E-state index in [1.807, 2.05) is 11.8 Å². The van der Waals surface area contributed by atoms with E-state index in [9.17, 15) is 5.11 Å². The van der Waals surface area contributed by atoms with Crippen LogP contribution >= 0.6 is 11.8 Å². The molecule has 3 rings (SSSR count). The van der Waals surface area contributed by atoms with Crippen molar-refractivity contribution in [1.82, 2.24) is 0 Å². The van der Waals surface area contributed by atoms with E-state index in [-0.39, 0.29) is 4.75 Å². The standard InChI is InChI=1S/C20H28OS/c1-2-3-12-20(21)13-8-7-9-17(20)16-19(14-15-19)22-18-10-5-4-6-11-18/h4-6,10-11,16,21H,2-3,7-9,12-15H2,1H3/b17-16+. The molecular weight excluding hydrogens is 288 g/mol. The SMILES string of the molecule is CCCCC1(O)CCCC/C1=C\C1(Sc2ccccc2)CC1. The van der Waals surface area contributed by atoms with E-state index in [1.54, 1.807) is 0 Å². The maximum atomic E-state index is 11.1. The van der Waals surface area contributed by atoms with Gasteiger partial charge in [0.2, 0.25) is 0 Å². The highest BCUT2D eigenvalue weighted by Crippen LogP contribution is 2.55. The lowest BCUT2D eigenvalue weighted by Gasteiger charge is -2.36. The average molecular weight is 317 g/mol. The van der Waals surface area contributed by atoms with Crippen LogP contribution in [0.2, 0.25) is 0 Å². The highest BCUT2D eigenvalue weighted by molar-refractivity contribution is 8.01. The lowest BCUT2D eigenvalue weighted by molar-refractivity contribution is 0.0406. The van der Waals surface area contributed by atoms with Gasteiger partial charge < -0.3 is 5.11 Å². The molecule has 0 saturated heterocycles. The van der Waals surface area contributed by atoms with Gasteiger partial charge in [-0.3, -0.25) is 0 Å². The second kappa shape index (κ2) is 6.80. The second-order valence-corrected chi connectivity index (χ2v) is 8.48. The Labute approximate surface area is 139 Å². The van der Waals surface area contributed by atoms with Crippen LogP contribution in [-0.2, 0) is 0 Å². The van der Waals surface area contributed by atoms with Crippen molar-refractivity contribution in [2.45, 2.75) is 80.0 Å². The van der Waals surface area contributed by atoms with Gasteiger partial charge in [0.15, 0.2) is 0 Å². The summed E-state index contributed by atoms with van der Waals surface area (Å²) in [5.41, 5.74) is 0.828. The maximum Gasteiger partial charge on any atom is 0.0857 e. The summed E-state index contributed by atoms with van der Waals surface area (Å²) in [6.45, 7) is 2.21. The van der Waals surface area contributed by atoms with Crippen LogP contribution in [0.15, 0.2) is 46.9 Å². The molecule has 1 N–H and O–H groups in total. The van der Waals surface area contributed by atoms with E-state index in [0.29, 0.717) is 0 Å². The third-order valence-corrected chi connectivity index (χ3v) is 6.51. The first-order valence-corrected chi connectivity index (χ1v) is 9.66. The van der Waals surface area contributed by atoms with Crippen LogP contribution in [0.5, 0.6) is 0 Å². The predicted molar refractivity (Wildman–Crippen MR) is 95.3 cm³/mol. The molecule has 1 unspecified atom stereocenters. The molecule has 0 aromatic heterocycles. The van der Waals surface area contributed by atoms with Crippen LogP contribution in [0.1, 0.15) is 64.7 Å². The lowest BCUT2D eigenvalue weighted by Crippen LogP contribution is -2.34. The highest BCUT2D eigenvalue weighted by Gasteiger charge is 2.44. The molecule has 1 aromatic rings. The fraction of sp³-hybridized carbons (Fsp3) is 0.600. The quantitative estimate of drug-likeness (QED) is 0.676. The zero-order chi connectivity index (χ0) is 15.5. The van der Waals surface area contributed by atoms with Crippen LogP contribution in [0, 0.1) is 0 Å². The highest BCUT2D eigenvalue weighted by atomic mass is 32.2. The topological polar surface area (TPSA) is 20.2 Å². The molecule has 0 bridgehead atoms. The molecular formula is C20H28OS. The van der Waals surface area contributed by atoms with Crippen LogP contribution in [0.3, 0.4) is 0 Å². The molecule has 2 saturated carbocycles. The molecule has 0 amide bonds. The lowest BCUT2D eigenvalue weighted by atomic mass is 9.76. The summed E-state index contributed by atoms with van der Waals surface area (Å²) < 4.78 is 0.258. The van der Waals surface area contributed by atoms with Gasteiger partial charge in [-0.2, -0.15) is 0 Å². The predicted octanol–water partition coefficient (Wildman–Crippen LogP) is 5.73. The van der Waals surface area contributed by atoms with Gasteiger partial charge in [-0.1, -0.05) is 44.0 Å². The van der Waals surface area contributed by atoms with Crippen LogP contribution in [0.25, 0.3) is 0 Å². The van der Waals surface area contributed by atoms with Gasteiger partial charge >= 0.3 is 0 Å². The van der Waals surface area contributed by atoms with E-state index in [1.165, 1.54) is 42.6 Å². The van der Waals surface area contributed by atoms with Gasteiger partial charge in [-0.15, -0.1) is 11.8 Å². The molecule has 1 nitrogen and oxygen atoms in total. The van der Waals surface area contributed by atoms with Crippen molar-refractivity contribution in [3.63, 3.8) is 0 Å². The zero-order valence-electron chi connectivity index (χ0n) is 13.7. The van der Waals surface area contributed by atoms with Crippen LogP contribution in [0.4, 0.5) is 0 Å². The molecule has 2 aliphatic rings. The summed E-state index contributed by atoms with van der Waals surface area (Å²) in [4.78, 5) is 1.35. The number of thioether (sulfide) groups is 1. The smallest absolute Gasteiger partial charge is 0.0857 e. The Morgan fingerprint density at radius 2 is 1.91 bits per heavy atom. The Balaban J connectivity index is 1.76. The Hall–Kier alpha value is -0.730. The molecule has 120 valence electrons. The van der Waals surface area contributed by atoms with E-state index in [2.05, 4.69) is 43.3 Å². The van der Waals surface area contributed by atoms with Crippen molar-refractivity contribution in [3.05, 3.63) is 42.0 Å². The Kier molecular flexibility index (Phi) is 4.99. The number of hydrogen-bond acceptors (Lipinski definition) is 2. The molecule has 2 fully saturated rings. The number of unbranched alkanes of at least 4 members (excludes halogenated alkanes) is 1. The van der Waals surface area contributed by atoms with Crippen LogP contribution < -0.4 is 0 Å². The van der Waals surface area contributed by atoms with Crippen molar-refractivity contribution >= 4 is 11.8 Å². The molecule has 0 spiro atoms. The fourth-order valence-corrected chi connectivity index (χ4v) is 4.80. The minimum atomic E-state index is -0.513. The van der Waals surface area contributed by atoms with Crippen LogP contribution in [-0.4, -0.2) is 15.5 Å². The fourth-order valence-electron chi connectivity index (χ4n) is 3.53. The Morgan fingerprint density at radius 1 is 1.14 bits per heavy atom.